The Morgan fingerprint density at radius 3 is 1.67 bits per heavy atom. The van der Waals surface area contributed by atoms with E-state index in [1.165, 1.54) is 7.05 Å². The van der Waals surface area contributed by atoms with Gasteiger partial charge in [0.25, 0.3) is 10.2 Å². The van der Waals surface area contributed by atoms with E-state index in [1.807, 2.05) is 6.07 Å². The number of likely N-dealkylation sites (N-methyl/N-ethyl adjacent to an activating group) is 1. The second-order valence-electron chi connectivity index (χ2n) is 7.68. The number of ether oxygens (including phenoxy) is 2. The van der Waals surface area contributed by atoms with Crippen LogP contribution in [0.2, 0.25) is 0 Å². The molecular weight excluding hydrogens is 444 g/mol. The molecule has 1 aliphatic heterocycles. The van der Waals surface area contributed by atoms with Gasteiger partial charge in [-0.25, -0.2) is 0 Å². The second kappa shape index (κ2) is 9.90. The van der Waals surface area contributed by atoms with Crippen LogP contribution in [-0.2, 0) is 16.8 Å². The van der Waals surface area contributed by atoms with Crippen LogP contribution in [-0.4, -0.2) is 59.0 Å². The zero-order valence-corrected chi connectivity index (χ0v) is 18.8. The molecule has 0 bridgehead atoms. The first kappa shape index (κ1) is 23.2. The summed E-state index contributed by atoms with van der Waals surface area (Å²) in [6.07, 6.45) is -5.99. The van der Waals surface area contributed by atoms with E-state index in [4.69, 9.17) is 9.47 Å². The van der Waals surface area contributed by atoms with Gasteiger partial charge in [0.05, 0.1) is 0 Å². The van der Waals surface area contributed by atoms with Gasteiger partial charge < -0.3 is 19.7 Å². The maximum absolute atomic E-state index is 13.7. The standard InChI is InChI=1S/C24H26N2O6S/c1-25-23(31-19-13-7-3-8-14-19)21(27)22(28)24(32-20-15-9-4-10-16-20)26(33(25,29)30)17-18-11-5-2-6-12-18/h2-16,21-24,27-28H,17H2,1H3/t21-,22-,23-,24-/m1/s1. The van der Waals surface area contributed by atoms with Gasteiger partial charge in [0.1, 0.15) is 23.7 Å². The molecule has 0 spiro atoms. The van der Waals surface area contributed by atoms with Gasteiger partial charge in [-0.15, -0.1) is 4.31 Å². The highest BCUT2D eigenvalue weighted by atomic mass is 32.2. The molecule has 174 valence electrons. The number of rotatable bonds is 6. The number of nitrogens with zero attached hydrogens (tertiary/aromatic N) is 2. The van der Waals surface area contributed by atoms with Crippen LogP contribution >= 0.6 is 0 Å². The van der Waals surface area contributed by atoms with Gasteiger partial charge in [-0.1, -0.05) is 66.7 Å². The third kappa shape index (κ3) is 5.02. The van der Waals surface area contributed by atoms with Crippen molar-refractivity contribution in [3.8, 4) is 11.5 Å². The van der Waals surface area contributed by atoms with Crippen LogP contribution in [0.3, 0.4) is 0 Å². The Bertz CT molecular complexity index is 1130. The molecule has 0 radical (unpaired) electrons. The van der Waals surface area contributed by atoms with Crippen molar-refractivity contribution in [3.05, 3.63) is 96.6 Å². The zero-order valence-electron chi connectivity index (χ0n) is 18.0. The molecule has 3 aromatic carbocycles. The van der Waals surface area contributed by atoms with E-state index in [2.05, 4.69) is 0 Å². The van der Waals surface area contributed by atoms with Crippen molar-refractivity contribution in [2.75, 3.05) is 7.05 Å². The molecule has 1 aliphatic rings. The number of aliphatic hydroxyl groups excluding tert-OH is 2. The molecule has 0 unspecified atom stereocenters. The van der Waals surface area contributed by atoms with E-state index in [9.17, 15) is 18.6 Å². The molecule has 33 heavy (non-hydrogen) atoms. The minimum absolute atomic E-state index is 0.0765. The molecule has 0 amide bonds. The van der Waals surface area contributed by atoms with Crippen molar-refractivity contribution in [1.82, 2.24) is 8.61 Å². The summed E-state index contributed by atoms with van der Waals surface area (Å²) in [6.45, 7) is -0.0765. The maximum Gasteiger partial charge on any atom is 0.288 e. The quantitative estimate of drug-likeness (QED) is 0.573. The molecule has 4 rings (SSSR count). The highest BCUT2D eigenvalue weighted by Crippen LogP contribution is 2.30. The van der Waals surface area contributed by atoms with E-state index < -0.39 is 34.9 Å². The second-order valence-corrected chi connectivity index (χ2v) is 9.62. The van der Waals surface area contributed by atoms with Gasteiger partial charge >= 0.3 is 0 Å². The molecular formula is C24H26N2O6S. The van der Waals surface area contributed by atoms with E-state index in [1.54, 1.807) is 84.9 Å². The number of hydrogen-bond acceptors (Lipinski definition) is 6. The predicted octanol–water partition coefficient (Wildman–Crippen LogP) is 2.21. The summed E-state index contributed by atoms with van der Waals surface area (Å²) in [5, 5.41) is 22.2. The smallest absolute Gasteiger partial charge is 0.288 e. The summed E-state index contributed by atoms with van der Waals surface area (Å²) in [4.78, 5) is 0. The Morgan fingerprint density at radius 2 is 1.15 bits per heavy atom. The fourth-order valence-corrected chi connectivity index (χ4v) is 5.14. The van der Waals surface area contributed by atoms with Crippen LogP contribution in [0.15, 0.2) is 91.0 Å². The van der Waals surface area contributed by atoms with E-state index in [-0.39, 0.29) is 6.54 Å². The van der Waals surface area contributed by atoms with Crippen LogP contribution in [0, 0.1) is 0 Å². The van der Waals surface area contributed by atoms with Gasteiger partial charge in [-0.3, -0.25) is 0 Å². The molecule has 1 saturated heterocycles. The first-order valence-electron chi connectivity index (χ1n) is 10.5. The van der Waals surface area contributed by atoms with Crippen LogP contribution in [0.4, 0.5) is 0 Å². The van der Waals surface area contributed by atoms with E-state index >= 15 is 0 Å². The van der Waals surface area contributed by atoms with Gasteiger partial charge in [-0.05, 0) is 29.8 Å². The van der Waals surface area contributed by atoms with Crippen LogP contribution in [0.5, 0.6) is 11.5 Å². The highest BCUT2D eigenvalue weighted by molar-refractivity contribution is 7.86. The number of aliphatic hydroxyl groups is 2. The Morgan fingerprint density at radius 1 is 0.727 bits per heavy atom. The van der Waals surface area contributed by atoms with Gasteiger partial charge in [-0.2, -0.15) is 12.7 Å². The Balaban J connectivity index is 1.75. The molecule has 2 N–H and O–H groups in total. The summed E-state index contributed by atoms with van der Waals surface area (Å²) < 4.78 is 41.1. The minimum Gasteiger partial charge on any atom is -0.471 e. The van der Waals surface area contributed by atoms with Crippen molar-refractivity contribution in [1.29, 1.82) is 0 Å². The van der Waals surface area contributed by atoms with Crippen molar-refractivity contribution in [2.45, 2.75) is 31.2 Å². The lowest BCUT2D eigenvalue weighted by atomic mass is 10.1. The average Bonchev–Trinajstić information content (AvgIpc) is 2.88. The van der Waals surface area contributed by atoms with E-state index in [0.29, 0.717) is 17.1 Å². The Labute approximate surface area is 193 Å². The van der Waals surface area contributed by atoms with Crippen molar-refractivity contribution in [3.63, 3.8) is 0 Å². The SMILES string of the molecule is CN1[C@H](Oc2ccccc2)[C@H](O)[C@@H](O)[C@@H](Oc2ccccc2)N(Cc2ccccc2)S1(=O)=O. The summed E-state index contributed by atoms with van der Waals surface area (Å²) >= 11 is 0. The fourth-order valence-electron chi connectivity index (χ4n) is 3.64. The monoisotopic (exact) mass is 470 g/mol. The van der Waals surface area contributed by atoms with Crippen LogP contribution in [0.1, 0.15) is 5.56 Å². The molecule has 0 saturated carbocycles. The predicted molar refractivity (Wildman–Crippen MR) is 122 cm³/mol. The Kier molecular flexibility index (Phi) is 6.96. The number of para-hydroxylation sites is 2. The molecule has 0 aromatic heterocycles. The molecule has 3 aromatic rings. The largest absolute Gasteiger partial charge is 0.471 e. The molecule has 8 nitrogen and oxygen atoms in total. The third-order valence-electron chi connectivity index (χ3n) is 5.42. The lowest BCUT2D eigenvalue weighted by molar-refractivity contribution is -0.124. The topological polar surface area (TPSA) is 99.5 Å². The normalized spacial score (nSPS) is 25.8. The molecule has 1 fully saturated rings. The van der Waals surface area contributed by atoms with Crippen molar-refractivity contribution < 1.29 is 28.1 Å². The van der Waals surface area contributed by atoms with Crippen LogP contribution < -0.4 is 9.47 Å². The Hall–Kier alpha value is -2.95. The summed E-state index contributed by atoms with van der Waals surface area (Å²) in [5.41, 5.74) is 0.695. The average molecular weight is 471 g/mol. The summed E-state index contributed by atoms with van der Waals surface area (Å²) in [7, 11) is -2.94. The van der Waals surface area contributed by atoms with Crippen molar-refractivity contribution >= 4 is 10.2 Å². The first-order valence-corrected chi connectivity index (χ1v) is 11.9. The number of benzene rings is 3. The maximum atomic E-state index is 13.7. The molecule has 0 aliphatic carbocycles. The first-order chi connectivity index (χ1) is 15.9. The van der Waals surface area contributed by atoms with E-state index in [0.717, 1.165) is 8.61 Å². The third-order valence-corrected chi connectivity index (χ3v) is 7.28. The van der Waals surface area contributed by atoms with Gasteiger partial charge in [0, 0.05) is 13.6 Å². The lowest BCUT2D eigenvalue weighted by Crippen LogP contribution is -2.52. The van der Waals surface area contributed by atoms with Crippen LogP contribution in [0.25, 0.3) is 0 Å². The summed E-state index contributed by atoms with van der Waals surface area (Å²) in [6, 6.07) is 26.1. The molecule has 1 heterocycles. The highest BCUT2D eigenvalue weighted by Gasteiger charge is 2.51. The fraction of sp³-hybridized carbons (Fsp3) is 0.250. The van der Waals surface area contributed by atoms with Gasteiger partial charge in [0.2, 0.25) is 0 Å². The van der Waals surface area contributed by atoms with Gasteiger partial charge in [0.15, 0.2) is 12.5 Å². The minimum atomic E-state index is -4.24. The number of hydrogen-bond donors (Lipinski definition) is 2. The molecule has 4 atom stereocenters. The summed E-state index contributed by atoms with van der Waals surface area (Å²) in [5.74, 6) is 0.708. The zero-order chi connectivity index (χ0) is 23.4. The lowest BCUT2D eigenvalue weighted by Gasteiger charge is -2.32. The van der Waals surface area contributed by atoms with Crippen molar-refractivity contribution in [2.24, 2.45) is 0 Å². The molecule has 9 heteroatoms.